The highest BCUT2D eigenvalue weighted by Gasteiger charge is 2.41. The van der Waals surface area contributed by atoms with Gasteiger partial charge in [0.1, 0.15) is 5.56 Å². The average Bonchev–Trinajstić information content (AvgIpc) is 2.74. The van der Waals surface area contributed by atoms with Crippen LogP contribution in [0.5, 0.6) is 0 Å². The van der Waals surface area contributed by atoms with Crippen LogP contribution in [0.1, 0.15) is 28.8 Å². The maximum Gasteiger partial charge on any atom is 0.422 e. The van der Waals surface area contributed by atoms with Crippen LogP contribution < -0.4 is 0 Å². The van der Waals surface area contributed by atoms with E-state index < -0.39 is 28.3 Å². The zero-order valence-electron chi connectivity index (χ0n) is 12.9. The molecule has 6 nitrogen and oxygen atoms in total. The first kappa shape index (κ1) is 16.7. The molecule has 0 unspecified atom stereocenters. The maximum atomic E-state index is 12.8. The molecule has 0 radical (unpaired) electrons. The number of alkyl halides is 3. The van der Waals surface area contributed by atoms with Gasteiger partial charge in [-0.15, -0.1) is 0 Å². The Morgan fingerprint density at radius 3 is 2.33 bits per heavy atom. The minimum Gasteiger partial charge on any atom is -0.336 e. The Hall–Kier alpha value is -2.16. The van der Waals surface area contributed by atoms with E-state index in [1.165, 1.54) is 0 Å². The number of hydrogen-bond donors (Lipinski definition) is 0. The van der Waals surface area contributed by atoms with Crippen LogP contribution in [0.4, 0.5) is 18.9 Å². The predicted molar refractivity (Wildman–Crippen MR) is 78.6 cm³/mol. The molecule has 2 atom stereocenters. The predicted octanol–water partition coefficient (Wildman–Crippen LogP) is 2.53. The second-order valence-electron chi connectivity index (χ2n) is 6.25. The minimum atomic E-state index is -4.84. The summed E-state index contributed by atoms with van der Waals surface area (Å²) in [6.07, 6.45) is -2.90. The zero-order chi connectivity index (χ0) is 17.6. The van der Waals surface area contributed by atoms with E-state index in [-0.39, 0.29) is 17.6 Å². The SMILES string of the molecule is CN1[C@@H]2CC[C@H]1CN(C(=O)c1ccc(C(F)(F)F)c([N+](=O)[O-])c1)C2. The van der Waals surface area contributed by atoms with Crippen molar-refractivity contribution in [2.75, 3.05) is 20.1 Å². The number of carbonyl (C=O) groups excluding carboxylic acids is 1. The number of fused-ring (bicyclic) bond motifs is 2. The van der Waals surface area contributed by atoms with E-state index in [9.17, 15) is 28.1 Å². The average molecular weight is 343 g/mol. The number of benzene rings is 1. The number of carbonyl (C=O) groups is 1. The molecule has 9 heteroatoms. The minimum absolute atomic E-state index is 0.0846. The molecular formula is C15H16F3N3O3. The Kier molecular flexibility index (Phi) is 3.98. The third-order valence-electron chi connectivity index (χ3n) is 4.88. The van der Waals surface area contributed by atoms with Gasteiger partial charge in [-0.05, 0) is 32.0 Å². The fourth-order valence-corrected chi connectivity index (χ4v) is 3.52. The molecule has 130 valence electrons. The van der Waals surface area contributed by atoms with Crippen molar-refractivity contribution in [3.63, 3.8) is 0 Å². The van der Waals surface area contributed by atoms with Gasteiger partial charge >= 0.3 is 6.18 Å². The van der Waals surface area contributed by atoms with Gasteiger partial charge in [0, 0.05) is 36.8 Å². The van der Waals surface area contributed by atoms with E-state index in [0.717, 1.165) is 25.0 Å². The number of piperazine rings is 1. The maximum absolute atomic E-state index is 12.8. The number of nitrogens with zero attached hydrogens (tertiary/aromatic N) is 3. The third kappa shape index (κ3) is 2.83. The molecule has 24 heavy (non-hydrogen) atoms. The Balaban J connectivity index is 1.88. The van der Waals surface area contributed by atoms with Crippen LogP contribution in [0.3, 0.4) is 0 Å². The molecule has 1 amide bonds. The lowest BCUT2D eigenvalue weighted by Gasteiger charge is -2.38. The lowest BCUT2D eigenvalue weighted by molar-refractivity contribution is -0.388. The van der Waals surface area contributed by atoms with Gasteiger partial charge in [0.15, 0.2) is 0 Å². The monoisotopic (exact) mass is 343 g/mol. The molecule has 0 saturated carbocycles. The van der Waals surface area contributed by atoms with Crippen LogP contribution in [-0.2, 0) is 6.18 Å². The van der Waals surface area contributed by atoms with Gasteiger partial charge in [-0.1, -0.05) is 0 Å². The van der Waals surface area contributed by atoms with E-state index >= 15 is 0 Å². The van der Waals surface area contributed by atoms with Gasteiger partial charge in [-0.25, -0.2) is 0 Å². The van der Waals surface area contributed by atoms with Gasteiger partial charge in [-0.2, -0.15) is 13.2 Å². The fourth-order valence-electron chi connectivity index (χ4n) is 3.52. The summed E-state index contributed by atoms with van der Waals surface area (Å²) in [7, 11) is 1.99. The van der Waals surface area contributed by atoms with Crippen LogP contribution in [0.2, 0.25) is 0 Å². The molecule has 0 aliphatic carbocycles. The normalized spacial score (nSPS) is 24.2. The van der Waals surface area contributed by atoms with Gasteiger partial charge in [-0.3, -0.25) is 19.8 Å². The number of rotatable bonds is 2. The highest BCUT2D eigenvalue weighted by molar-refractivity contribution is 5.95. The molecule has 2 saturated heterocycles. The van der Waals surface area contributed by atoms with E-state index in [2.05, 4.69) is 4.90 Å². The van der Waals surface area contributed by atoms with Crippen molar-refractivity contribution >= 4 is 11.6 Å². The number of likely N-dealkylation sites (tertiary alicyclic amines) is 1. The summed E-state index contributed by atoms with van der Waals surface area (Å²) in [6, 6.07) is 2.81. The Labute approximate surface area is 136 Å². The quantitative estimate of drug-likeness (QED) is 0.611. The van der Waals surface area contributed by atoms with Gasteiger partial charge in [0.25, 0.3) is 11.6 Å². The van der Waals surface area contributed by atoms with Crippen molar-refractivity contribution in [3.8, 4) is 0 Å². The number of nitro groups is 1. The fraction of sp³-hybridized carbons (Fsp3) is 0.533. The van der Waals surface area contributed by atoms with Crippen molar-refractivity contribution in [2.24, 2.45) is 0 Å². The summed E-state index contributed by atoms with van der Waals surface area (Å²) >= 11 is 0. The van der Waals surface area contributed by atoms with Crippen molar-refractivity contribution in [2.45, 2.75) is 31.1 Å². The third-order valence-corrected chi connectivity index (χ3v) is 4.88. The largest absolute Gasteiger partial charge is 0.422 e. The first-order valence-corrected chi connectivity index (χ1v) is 7.55. The van der Waals surface area contributed by atoms with E-state index in [4.69, 9.17) is 0 Å². The van der Waals surface area contributed by atoms with Crippen LogP contribution in [0, 0.1) is 10.1 Å². The topological polar surface area (TPSA) is 66.7 Å². The second-order valence-corrected chi connectivity index (χ2v) is 6.25. The molecule has 2 aliphatic rings. The van der Waals surface area contributed by atoms with Gasteiger partial charge in [0.05, 0.1) is 4.92 Å². The standard InChI is InChI=1S/C15H16F3N3O3/c1-19-10-3-4-11(19)8-20(7-10)14(22)9-2-5-12(15(16,17)18)13(6-9)21(23)24/h2,5-6,10-11H,3-4,7-8H2,1H3/t10-,11+. The Morgan fingerprint density at radius 2 is 1.83 bits per heavy atom. The highest BCUT2D eigenvalue weighted by atomic mass is 19.4. The number of likely N-dealkylation sites (N-methyl/N-ethyl adjacent to an activating group) is 1. The molecule has 0 aromatic heterocycles. The van der Waals surface area contributed by atoms with Crippen LogP contribution in [0.15, 0.2) is 18.2 Å². The van der Waals surface area contributed by atoms with Gasteiger partial charge < -0.3 is 4.90 Å². The summed E-state index contributed by atoms with van der Waals surface area (Å²) in [6.45, 7) is 0.974. The lowest BCUT2D eigenvalue weighted by atomic mass is 10.1. The van der Waals surface area contributed by atoms with Crippen LogP contribution >= 0.6 is 0 Å². The molecule has 3 rings (SSSR count). The lowest BCUT2D eigenvalue weighted by Crippen LogP contribution is -2.53. The Bertz CT molecular complexity index is 678. The Morgan fingerprint density at radius 1 is 1.25 bits per heavy atom. The molecular weight excluding hydrogens is 327 g/mol. The molecule has 2 fully saturated rings. The van der Waals surface area contributed by atoms with Crippen LogP contribution in [0.25, 0.3) is 0 Å². The molecule has 2 bridgehead atoms. The van der Waals surface area contributed by atoms with E-state index in [0.29, 0.717) is 19.2 Å². The number of halogens is 3. The van der Waals surface area contributed by atoms with E-state index in [1.54, 1.807) is 4.90 Å². The van der Waals surface area contributed by atoms with Crippen molar-refractivity contribution in [1.82, 2.24) is 9.80 Å². The summed E-state index contributed by atoms with van der Waals surface area (Å²) < 4.78 is 38.5. The first-order chi connectivity index (χ1) is 11.2. The molecule has 1 aromatic rings. The van der Waals surface area contributed by atoms with Crippen molar-refractivity contribution in [3.05, 3.63) is 39.4 Å². The zero-order valence-corrected chi connectivity index (χ0v) is 12.9. The highest BCUT2D eigenvalue weighted by Crippen LogP contribution is 2.37. The van der Waals surface area contributed by atoms with Crippen molar-refractivity contribution in [1.29, 1.82) is 0 Å². The first-order valence-electron chi connectivity index (χ1n) is 7.55. The summed E-state index contributed by atoms with van der Waals surface area (Å²) in [5.41, 5.74) is -2.52. The van der Waals surface area contributed by atoms with Gasteiger partial charge in [0.2, 0.25) is 0 Å². The molecule has 0 spiro atoms. The number of amides is 1. The number of hydrogen-bond acceptors (Lipinski definition) is 4. The molecule has 1 aromatic carbocycles. The van der Waals surface area contributed by atoms with E-state index in [1.807, 2.05) is 7.05 Å². The summed E-state index contributed by atoms with van der Waals surface area (Å²) in [4.78, 5) is 26.2. The molecule has 2 heterocycles. The molecule has 0 N–H and O–H groups in total. The summed E-state index contributed by atoms with van der Waals surface area (Å²) in [5.74, 6) is -0.461. The smallest absolute Gasteiger partial charge is 0.336 e. The van der Waals surface area contributed by atoms with Crippen LogP contribution in [-0.4, -0.2) is 52.9 Å². The van der Waals surface area contributed by atoms with Crippen molar-refractivity contribution < 1.29 is 22.9 Å². The molecule has 2 aliphatic heterocycles. The number of nitro benzene ring substituents is 1. The summed E-state index contributed by atoms with van der Waals surface area (Å²) in [5, 5.41) is 11.0. The second kappa shape index (κ2) is 5.73.